The Balaban J connectivity index is 2.01. The number of benzene rings is 1. The van der Waals surface area contributed by atoms with Crippen LogP contribution in [0.3, 0.4) is 0 Å². The normalized spacial score (nSPS) is 11.3. The van der Waals surface area contributed by atoms with E-state index in [0.717, 1.165) is 17.7 Å². The number of hydrogen-bond donors (Lipinski definition) is 0. The van der Waals surface area contributed by atoms with E-state index in [9.17, 15) is 4.79 Å². The summed E-state index contributed by atoms with van der Waals surface area (Å²) in [6.45, 7) is 4.27. The molecule has 19 heavy (non-hydrogen) atoms. The molecule has 1 aromatic heterocycles. The molecular formula is C17H19NO. The number of carbonyl (C=O) groups excluding carboxylic acids is 1. The van der Waals surface area contributed by atoms with Crippen LogP contribution >= 0.6 is 0 Å². The van der Waals surface area contributed by atoms with Crippen LogP contribution in [0.2, 0.25) is 0 Å². The van der Waals surface area contributed by atoms with Gasteiger partial charge in [-0.3, -0.25) is 9.78 Å². The Bertz CT molecular complexity index is 532. The number of nitrogens with zero attached hydrogens (tertiary/aromatic N) is 1. The van der Waals surface area contributed by atoms with Gasteiger partial charge < -0.3 is 0 Å². The van der Waals surface area contributed by atoms with Crippen LogP contribution in [-0.2, 0) is 5.41 Å². The Kier molecular flexibility index (Phi) is 4.10. The van der Waals surface area contributed by atoms with E-state index in [0.29, 0.717) is 6.42 Å². The van der Waals surface area contributed by atoms with Crippen LogP contribution in [0.5, 0.6) is 0 Å². The van der Waals surface area contributed by atoms with E-state index in [1.165, 1.54) is 0 Å². The molecule has 0 N–H and O–H groups in total. The predicted molar refractivity (Wildman–Crippen MR) is 77.3 cm³/mol. The van der Waals surface area contributed by atoms with Crippen LogP contribution < -0.4 is 0 Å². The molecule has 0 saturated carbocycles. The van der Waals surface area contributed by atoms with Gasteiger partial charge in [-0.25, -0.2) is 0 Å². The Morgan fingerprint density at radius 3 is 2.37 bits per heavy atom. The SMILES string of the molecule is CC(C)(CCC(=O)c1ccccc1)c1ccccn1. The quantitative estimate of drug-likeness (QED) is 0.753. The van der Waals surface area contributed by atoms with E-state index in [-0.39, 0.29) is 11.2 Å². The van der Waals surface area contributed by atoms with Crippen LogP contribution in [-0.4, -0.2) is 10.8 Å². The van der Waals surface area contributed by atoms with E-state index < -0.39 is 0 Å². The second-order valence-electron chi connectivity index (χ2n) is 5.39. The van der Waals surface area contributed by atoms with Gasteiger partial charge in [0.2, 0.25) is 0 Å². The zero-order valence-electron chi connectivity index (χ0n) is 11.5. The number of aromatic nitrogens is 1. The smallest absolute Gasteiger partial charge is 0.162 e. The Morgan fingerprint density at radius 2 is 1.74 bits per heavy atom. The molecule has 0 saturated heterocycles. The molecule has 2 heteroatoms. The van der Waals surface area contributed by atoms with Gasteiger partial charge in [0.05, 0.1) is 0 Å². The highest BCUT2D eigenvalue weighted by molar-refractivity contribution is 5.96. The molecule has 0 aliphatic rings. The highest BCUT2D eigenvalue weighted by Crippen LogP contribution is 2.27. The summed E-state index contributed by atoms with van der Waals surface area (Å²) in [5, 5.41) is 0. The molecule has 2 nitrogen and oxygen atoms in total. The minimum atomic E-state index is -0.0777. The van der Waals surface area contributed by atoms with Gasteiger partial charge in [0.25, 0.3) is 0 Å². The number of hydrogen-bond acceptors (Lipinski definition) is 2. The lowest BCUT2D eigenvalue weighted by Crippen LogP contribution is -2.20. The lowest BCUT2D eigenvalue weighted by atomic mass is 9.82. The molecule has 98 valence electrons. The van der Waals surface area contributed by atoms with Gasteiger partial charge in [-0.05, 0) is 18.6 Å². The zero-order valence-corrected chi connectivity index (χ0v) is 11.5. The minimum absolute atomic E-state index is 0.0777. The number of carbonyl (C=O) groups is 1. The first-order chi connectivity index (χ1) is 9.09. The summed E-state index contributed by atoms with van der Waals surface area (Å²) in [7, 11) is 0. The summed E-state index contributed by atoms with van der Waals surface area (Å²) in [4.78, 5) is 16.5. The van der Waals surface area contributed by atoms with Crippen molar-refractivity contribution < 1.29 is 4.79 Å². The molecule has 1 aromatic carbocycles. The van der Waals surface area contributed by atoms with Crippen molar-refractivity contribution in [3.8, 4) is 0 Å². The van der Waals surface area contributed by atoms with Crippen LogP contribution in [0.25, 0.3) is 0 Å². The van der Waals surface area contributed by atoms with Crippen molar-refractivity contribution in [2.75, 3.05) is 0 Å². The van der Waals surface area contributed by atoms with Crippen LogP contribution in [0.4, 0.5) is 0 Å². The fraction of sp³-hybridized carbons (Fsp3) is 0.294. The fourth-order valence-electron chi connectivity index (χ4n) is 2.09. The highest BCUT2D eigenvalue weighted by atomic mass is 16.1. The van der Waals surface area contributed by atoms with E-state index in [1.807, 2.05) is 48.5 Å². The Morgan fingerprint density at radius 1 is 1.05 bits per heavy atom. The van der Waals surface area contributed by atoms with Gasteiger partial charge in [-0.15, -0.1) is 0 Å². The maximum Gasteiger partial charge on any atom is 0.162 e. The molecule has 1 heterocycles. The molecule has 0 unspecified atom stereocenters. The second-order valence-corrected chi connectivity index (χ2v) is 5.39. The van der Waals surface area contributed by atoms with Crippen LogP contribution in [0, 0.1) is 0 Å². The largest absolute Gasteiger partial charge is 0.294 e. The number of pyridine rings is 1. The minimum Gasteiger partial charge on any atom is -0.294 e. The molecule has 2 aromatic rings. The lowest BCUT2D eigenvalue weighted by molar-refractivity contribution is 0.0972. The number of Topliss-reactive ketones (excluding diaryl/α,β-unsaturated/α-hetero) is 1. The summed E-state index contributed by atoms with van der Waals surface area (Å²) >= 11 is 0. The van der Waals surface area contributed by atoms with Gasteiger partial charge in [-0.2, -0.15) is 0 Å². The highest BCUT2D eigenvalue weighted by Gasteiger charge is 2.23. The van der Waals surface area contributed by atoms with Crippen molar-refractivity contribution in [2.45, 2.75) is 32.1 Å². The first-order valence-electron chi connectivity index (χ1n) is 6.59. The van der Waals surface area contributed by atoms with E-state index >= 15 is 0 Å². The summed E-state index contributed by atoms with van der Waals surface area (Å²) in [6, 6.07) is 15.4. The van der Waals surface area contributed by atoms with Crippen LogP contribution in [0.15, 0.2) is 54.7 Å². The van der Waals surface area contributed by atoms with Crippen LogP contribution in [0.1, 0.15) is 42.7 Å². The van der Waals surface area contributed by atoms with Gasteiger partial charge >= 0.3 is 0 Å². The Hall–Kier alpha value is -1.96. The summed E-state index contributed by atoms with van der Waals surface area (Å²) in [5.41, 5.74) is 1.75. The maximum absolute atomic E-state index is 12.1. The summed E-state index contributed by atoms with van der Waals surface area (Å²) < 4.78 is 0. The third-order valence-electron chi connectivity index (χ3n) is 3.43. The number of ketones is 1. The van der Waals surface area contributed by atoms with Crippen molar-refractivity contribution in [3.05, 3.63) is 66.0 Å². The molecule has 0 aliphatic heterocycles. The van der Waals surface area contributed by atoms with Crippen molar-refractivity contribution >= 4 is 5.78 Å². The topological polar surface area (TPSA) is 30.0 Å². The molecule has 0 fully saturated rings. The molecule has 2 rings (SSSR count). The van der Waals surface area contributed by atoms with Gasteiger partial charge in [-0.1, -0.05) is 50.2 Å². The first-order valence-corrected chi connectivity index (χ1v) is 6.59. The maximum atomic E-state index is 12.1. The zero-order chi connectivity index (χ0) is 13.7. The first kappa shape index (κ1) is 13.5. The fourth-order valence-corrected chi connectivity index (χ4v) is 2.09. The van der Waals surface area contributed by atoms with E-state index in [2.05, 4.69) is 18.8 Å². The average molecular weight is 253 g/mol. The third-order valence-corrected chi connectivity index (χ3v) is 3.43. The van der Waals surface area contributed by atoms with Gasteiger partial charge in [0.15, 0.2) is 5.78 Å². The van der Waals surface area contributed by atoms with Gasteiger partial charge in [0, 0.05) is 29.3 Å². The summed E-state index contributed by atoms with van der Waals surface area (Å²) in [5.74, 6) is 0.199. The van der Waals surface area contributed by atoms with Crippen molar-refractivity contribution in [1.29, 1.82) is 0 Å². The molecule has 0 radical (unpaired) electrons. The van der Waals surface area contributed by atoms with Crippen molar-refractivity contribution in [3.63, 3.8) is 0 Å². The summed E-state index contributed by atoms with van der Waals surface area (Å²) in [6.07, 6.45) is 3.15. The molecule has 0 amide bonds. The molecular weight excluding hydrogens is 234 g/mol. The monoisotopic (exact) mass is 253 g/mol. The Labute approximate surface area is 114 Å². The van der Waals surface area contributed by atoms with Crippen molar-refractivity contribution in [2.24, 2.45) is 0 Å². The standard InChI is InChI=1S/C17H19NO/c1-17(2,16-10-6-7-13-18-16)12-11-15(19)14-8-4-3-5-9-14/h3-10,13H,11-12H2,1-2H3. The average Bonchev–Trinajstić information content (AvgIpc) is 2.47. The third kappa shape index (κ3) is 3.50. The van der Waals surface area contributed by atoms with E-state index in [1.54, 1.807) is 6.20 Å². The van der Waals surface area contributed by atoms with Gasteiger partial charge in [0.1, 0.15) is 0 Å². The molecule has 0 aliphatic carbocycles. The molecule has 0 bridgehead atoms. The number of rotatable bonds is 5. The lowest BCUT2D eigenvalue weighted by Gasteiger charge is -2.23. The second kappa shape index (κ2) is 5.79. The van der Waals surface area contributed by atoms with E-state index in [4.69, 9.17) is 0 Å². The van der Waals surface area contributed by atoms with Crippen molar-refractivity contribution in [1.82, 2.24) is 4.98 Å². The molecule has 0 spiro atoms. The molecule has 0 atom stereocenters. The predicted octanol–water partition coefficient (Wildman–Crippen LogP) is 4.02.